The standard InChI is InChI=1S/C23H24Cl2N6O7/c24-12-4-15(20(36)16(25)5-12)17(6-19(34)35)31-18(33)9-27-22(38)11-1-10(21(26)37)2-13(3-11)30-23-28-7-14(32)8-29-23/h1-5,14,17,32,36H,6-9H2,(H2,26,37)(H,27,38)(H,31,33)(H,34,35)(H2,28,29,30)/t17-/m1/s1. The Hall–Kier alpha value is -4.07. The minimum absolute atomic E-state index is 0.00519. The number of phenols is 1. The number of nitrogens with one attached hydrogen (secondary N) is 4. The molecule has 0 saturated carbocycles. The summed E-state index contributed by atoms with van der Waals surface area (Å²) in [6, 6.07) is 5.36. The fourth-order valence-electron chi connectivity index (χ4n) is 3.50. The van der Waals surface area contributed by atoms with Gasteiger partial charge in [-0.2, -0.15) is 0 Å². The fraction of sp³-hybridized carbons (Fsp3) is 0.261. The number of β-amino-alcohol motifs (C(OH)–C–C–N with tert-alkyl or cyclic N) is 1. The summed E-state index contributed by atoms with van der Waals surface area (Å²) in [6.45, 7) is -0.152. The number of hydrogen-bond acceptors (Lipinski definition) is 9. The van der Waals surface area contributed by atoms with Crippen LogP contribution in [0.2, 0.25) is 10.0 Å². The van der Waals surface area contributed by atoms with Crippen molar-refractivity contribution in [1.82, 2.24) is 16.0 Å². The summed E-state index contributed by atoms with van der Waals surface area (Å²) >= 11 is 11.9. The molecule has 1 heterocycles. The van der Waals surface area contributed by atoms with Gasteiger partial charge in [-0.25, -0.2) is 0 Å². The average molecular weight is 567 g/mol. The van der Waals surface area contributed by atoms with Gasteiger partial charge in [0.1, 0.15) is 5.75 Å². The van der Waals surface area contributed by atoms with Gasteiger partial charge in [0.15, 0.2) is 5.96 Å². The summed E-state index contributed by atoms with van der Waals surface area (Å²) in [5, 5.41) is 39.5. The van der Waals surface area contributed by atoms with Crippen LogP contribution in [0.1, 0.15) is 38.7 Å². The van der Waals surface area contributed by atoms with Crippen molar-refractivity contribution in [2.75, 3.05) is 25.0 Å². The van der Waals surface area contributed by atoms with Crippen LogP contribution in [0.4, 0.5) is 5.69 Å². The number of anilines is 1. The van der Waals surface area contributed by atoms with Gasteiger partial charge in [0.25, 0.3) is 5.91 Å². The summed E-state index contributed by atoms with van der Waals surface area (Å²) in [5.41, 5.74) is 5.67. The molecule has 0 spiro atoms. The first-order valence-electron chi connectivity index (χ1n) is 11.1. The van der Waals surface area contributed by atoms with E-state index in [1.54, 1.807) is 0 Å². The number of aliphatic hydroxyl groups excluding tert-OH is 1. The highest BCUT2D eigenvalue weighted by atomic mass is 35.5. The summed E-state index contributed by atoms with van der Waals surface area (Å²) < 4.78 is 0. The lowest BCUT2D eigenvalue weighted by molar-refractivity contribution is -0.137. The third-order valence-corrected chi connectivity index (χ3v) is 5.77. The van der Waals surface area contributed by atoms with Crippen molar-refractivity contribution in [2.45, 2.75) is 18.6 Å². The maximum atomic E-state index is 12.8. The topological polar surface area (TPSA) is 215 Å². The lowest BCUT2D eigenvalue weighted by atomic mass is 10.0. The number of hydrogen-bond donors (Lipinski definition) is 8. The fourth-order valence-corrected chi connectivity index (χ4v) is 4.01. The van der Waals surface area contributed by atoms with Crippen LogP contribution in [0, 0.1) is 0 Å². The minimum atomic E-state index is -1.27. The maximum absolute atomic E-state index is 12.8. The molecule has 1 aliphatic rings. The molecule has 0 fully saturated rings. The van der Waals surface area contributed by atoms with Crippen molar-refractivity contribution in [2.24, 2.45) is 10.7 Å². The molecule has 15 heteroatoms. The Morgan fingerprint density at radius 1 is 1.13 bits per heavy atom. The van der Waals surface area contributed by atoms with Gasteiger partial charge in [0.05, 0.1) is 36.7 Å². The van der Waals surface area contributed by atoms with Crippen LogP contribution in [0.5, 0.6) is 5.75 Å². The number of halogens is 2. The molecule has 1 aliphatic heterocycles. The number of nitrogens with zero attached hydrogens (tertiary/aromatic N) is 1. The Labute approximate surface area is 226 Å². The number of carboxylic acids is 1. The van der Waals surface area contributed by atoms with Gasteiger partial charge in [0, 0.05) is 33.9 Å². The lowest BCUT2D eigenvalue weighted by Gasteiger charge is -2.20. The molecule has 0 aromatic heterocycles. The molecular weight excluding hydrogens is 543 g/mol. The van der Waals surface area contributed by atoms with Crippen molar-refractivity contribution in [1.29, 1.82) is 0 Å². The number of guanidine groups is 1. The van der Waals surface area contributed by atoms with Gasteiger partial charge in [-0.15, -0.1) is 0 Å². The maximum Gasteiger partial charge on any atom is 0.305 e. The number of nitrogens with two attached hydrogens (primary N) is 1. The van der Waals surface area contributed by atoms with E-state index < -0.39 is 54.6 Å². The summed E-state index contributed by atoms with van der Waals surface area (Å²) in [5.74, 6) is -3.71. The van der Waals surface area contributed by atoms with Crippen LogP contribution in [-0.2, 0) is 9.59 Å². The Morgan fingerprint density at radius 3 is 2.47 bits per heavy atom. The third kappa shape index (κ3) is 7.71. The predicted octanol–water partition coefficient (Wildman–Crippen LogP) is 0.592. The van der Waals surface area contributed by atoms with E-state index in [9.17, 15) is 34.5 Å². The lowest BCUT2D eigenvalue weighted by Crippen LogP contribution is -2.42. The second-order valence-corrected chi connectivity index (χ2v) is 9.08. The Balaban J connectivity index is 1.72. The molecule has 38 heavy (non-hydrogen) atoms. The van der Waals surface area contributed by atoms with Gasteiger partial charge in [0.2, 0.25) is 11.8 Å². The second kappa shape index (κ2) is 12.4. The number of aromatic hydroxyl groups is 1. The predicted molar refractivity (Wildman–Crippen MR) is 138 cm³/mol. The van der Waals surface area contributed by atoms with Gasteiger partial charge in [-0.3, -0.25) is 24.2 Å². The Kier molecular flexibility index (Phi) is 9.34. The minimum Gasteiger partial charge on any atom is -0.506 e. The molecule has 0 aliphatic carbocycles. The summed E-state index contributed by atoms with van der Waals surface area (Å²) in [6.07, 6.45) is -1.24. The number of phenolic OH excluding ortho intramolecular Hbond substituents is 1. The summed E-state index contributed by atoms with van der Waals surface area (Å²) in [7, 11) is 0. The van der Waals surface area contributed by atoms with E-state index >= 15 is 0 Å². The number of aliphatic hydroxyl groups is 1. The molecular formula is C23H24Cl2N6O7. The highest BCUT2D eigenvalue weighted by molar-refractivity contribution is 6.35. The smallest absolute Gasteiger partial charge is 0.305 e. The molecule has 2 aromatic rings. The third-order valence-electron chi connectivity index (χ3n) is 5.26. The van der Waals surface area contributed by atoms with Gasteiger partial charge >= 0.3 is 5.97 Å². The molecule has 202 valence electrons. The number of carbonyl (C=O) groups excluding carboxylic acids is 3. The number of benzene rings is 2. The first-order valence-corrected chi connectivity index (χ1v) is 11.8. The molecule has 2 atom stereocenters. The normalized spacial score (nSPS) is 15.4. The van der Waals surface area contributed by atoms with E-state index in [0.717, 1.165) is 0 Å². The second-order valence-electron chi connectivity index (χ2n) is 8.24. The zero-order chi connectivity index (χ0) is 28.0. The van der Waals surface area contributed by atoms with Crippen LogP contribution in [0.15, 0.2) is 35.3 Å². The van der Waals surface area contributed by atoms with Crippen molar-refractivity contribution in [3.63, 3.8) is 0 Å². The van der Waals surface area contributed by atoms with Gasteiger partial charge in [-0.1, -0.05) is 23.2 Å². The first-order chi connectivity index (χ1) is 17.9. The molecule has 9 N–H and O–H groups in total. The van der Waals surface area contributed by atoms with Crippen molar-refractivity contribution in [3.05, 3.63) is 57.1 Å². The molecule has 3 rings (SSSR count). The van der Waals surface area contributed by atoms with E-state index in [1.807, 2.05) is 0 Å². The SMILES string of the molecule is NC(=O)c1cc(NC2=NCC(O)CN2)cc(C(=O)NCC(=O)N[C@H](CC(=O)O)c2cc(Cl)cc(Cl)c2O)c1. The molecule has 3 amide bonds. The van der Waals surface area contributed by atoms with Crippen LogP contribution in [-0.4, -0.2) is 70.7 Å². The molecule has 1 unspecified atom stereocenters. The molecule has 0 bridgehead atoms. The van der Waals surface area contributed by atoms with Crippen molar-refractivity contribution in [3.8, 4) is 5.75 Å². The number of aliphatic imine (C=N–C) groups is 1. The van der Waals surface area contributed by atoms with Crippen LogP contribution >= 0.6 is 23.2 Å². The molecule has 0 radical (unpaired) electrons. The number of carbonyl (C=O) groups is 4. The summed E-state index contributed by atoms with van der Waals surface area (Å²) in [4.78, 5) is 52.5. The van der Waals surface area contributed by atoms with Crippen molar-refractivity contribution >= 4 is 58.5 Å². The van der Waals surface area contributed by atoms with Gasteiger partial charge in [-0.05, 0) is 30.3 Å². The number of carboxylic acid groups (broad SMARTS) is 1. The number of primary amides is 1. The number of rotatable bonds is 9. The highest BCUT2D eigenvalue weighted by Crippen LogP contribution is 2.36. The van der Waals surface area contributed by atoms with E-state index in [4.69, 9.17) is 28.9 Å². The van der Waals surface area contributed by atoms with Crippen LogP contribution in [0.25, 0.3) is 0 Å². The zero-order valence-electron chi connectivity index (χ0n) is 19.6. The zero-order valence-corrected chi connectivity index (χ0v) is 21.1. The van der Waals surface area contributed by atoms with E-state index in [0.29, 0.717) is 11.6 Å². The molecule has 2 aromatic carbocycles. The Morgan fingerprint density at radius 2 is 1.84 bits per heavy atom. The van der Waals surface area contributed by atoms with Gasteiger partial charge < -0.3 is 42.3 Å². The van der Waals surface area contributed by atoms with Crippen LogP contribution in [0.3, 0.4) is 0 Å². The average Bonchev–Trinajstić information content (AvgIpc) is 2.85. The number of amides is 3. The highest BCUT2D eigenvalue weighted by Gasteiger charge is 2.24. The Bertz CT molecular complexity index is 1300. The first kappa shape index (κ1) is 28.5. The monoisotopic (exact) mass is 566 g/mol. The molecule has 13 nitrogen and oxygen atoms in total. The largest absolute Gasteiger partial charge is 0.506 e. The van der Waals surface area contributed by atoms with Crippen LogP contribution < -0.4 is 27.0 Å². The van der Waals surface area contributed by atoms with E-state index in [-0.39, 0.29) is 39.8 Å². The number of aliphatic carboxylic acids is 1. The van der Waals surface area contributed by atoms with E-state index in [1.165, 1.54) is 30.3 Å². The van der Waals surface area contributed by atoms with E-state index in [2.05, 4.69) is 26.3 Å². The quantitative estimate of drug-likeness (QED) is 0.213. The van der Waals surface area contributed by atoms with Crippen molar-refractivity contribution < 1.29 is 34.5 Å². The molecule has 0 saturated heterocycles.